The largest absolute Gasteiger partial charge is 0.390 e. The predicted molar refractivity (Wildman–Crippen MR) is 38.3 cm³/mol. The Bertz CT molecular complexity index is 96.7. The summed E-state index contributed by atoms with van der Waals surface area (Å²) in [7, 11) is 0. The van der Waals surface area contributed by atoms with Crippen molar-refractivity contribution in [1.29, 1.82) is 0 Å². The second kappa shape index (κ2) is 2.30. The first kappa shape index (κ1) is 7.07. The molecule has 54 valence electrons. The van der Waals surface area contributed by atoms with Crippen molar-refractivity contribution in [2.75, 3.05) is 0 Å². The molecule has 0 saturated heterocycles. The summed E-state index contributed by atoms with van der Waals surface area (Å²) in [6, 6.07) is 0. The fourth-order valence-electron chi connectivity index (χ4n) is 1.79. The van der Waals surface area contributed by atoms with E-state index in [2.05, 4.69) is 6.92 Å². The molecule has 1 unspecified atom stereocenters. The number of rotatable bonds is 0. The molecular weight excluding hydrogens is 112 g/mol. The lowest BCUT2D eigenvalue weighted by Gasteiger charge is -2.31. The Morgan fingerprint density at radius 2 is 2.22 bits per heavy atom. The number of hydrogen-bond acceptors (Lipinski definition) is 1. The third-order valence-corrected chi connectivity index (χ3v) is 2.20. The Hall–Kier alpha value is -0.0400. The molecule has 1 aliphatic carbocycles. The first-order chi connectivity index (χ1) is 4.10. The molecule has 1 N–H and O–H groups in total. The van der Waals surface area contributed by atoms with Crippen molar-refractivity contribution in [1.82, 2.24) is 0 Å². The normalized spacial score (nSPS) is 45.0. The maximum absolute atomic E-state index is 9.54. The first-order valence-electron chi connectivity index (χ1n) is 3.82. The molecule has 2 atom stereocenters. The highest BCUT2D eigenvalue weighted by Gasteiger charge is 2.26. The third kappa shape index (κ3) is 1.98. The van der Waals surface area contributed by atoms with Gasteiger partial charge in [-0.3, -0.25) is 0 Å². The topological polar surface area (TPSA) is 20.2 Å². The average Bonchev–Trinajstić information content (AvgIpc) is 1.60. The van der Waals surface area contributed by atoms with Crippen LogP contribution in [0.1, 0.15) is 39.5 Å². The van der Waals surface area contributed by atoms with E-state index in [0.717, 1.165) is 18.8 Å². The maximum atomic E-state index is 9.54. The van der Waals surface area contributed by atoms with Gasteiger partial charge in [-0.25, -0.2) is 0 Å². The molecule has 1 rings (SSSR count). The lowest BCUT2D eigenvalue weighted by Crippen LogP contribution is -2.30. The molecule has 1 nitrogen and oxygen atoms in total. The summed E-state index contributed by atoms with van der Waals surface area (Å²) in [5, 5.41) is 9.54. The van der Waals surface area contributed by atoms with Gasteiger partial charge in [0.05, 0.1) is 5.60 Å². The Kier molecular flexibility index (Phi) is 1.80. The van der Waals surface area contributed by atoms with Gasteiger partial charge >= 0.3 is 0 Å². The van der Waals surface area contributed by atoms with E-state index in [-0.39, 0.29) is 5.60 Å². The lowest BCUT2D eigenvalue weighted by atomic mass is 9.80. The first-order valence-corrected chi connectivity index (χ1v) is 3.82. The van der Waals surface area contributed by atoms with Crippen molar-refractivity contribution < 1.29 is 5.11 Å². The van der Waals surface area contributed by atoms with Crippen LogP contribution in [0.25, 0.3) is 0 Å². The minimum Gasteiger partial charge on any atom is -0.390 e. The van der Waals surface area contributed by atoms with E-state index in [1.807, 2.05) is 6.92 Å². The van der Waals surface area contributed by atoms with E-state index < -0.39 is 0 Å². The fourth-order valence-corrected chi connectivity index (χ4v) is 1.79. The Morgan fingerprint density at radius 1 is 1.56 bits per heavy atom. The van der Waals surface area contributed by atoms with Crippen LogP contribution >= 0.6 is 0 Å². The second-order valence-corrected chi connectivity index (χ2v) is 3.70. The van der Waals surface area contributed by atoms with Crippen molar-refractivity contribution in [2.45, 2.75) is 45.1 Å². The van der Waals surface area contributed by atoms with Crippen LogP contribution in [-0.4, -0.2) is 10.7 Å². The third-order valence-electron chi connectivity index (χ3n) is 2.20. The van der Waals surface area contributed by atoms with Crippen LogP contribution in [0.15, 0.2) is 0 Å². The molecule has 1 heteroatoms. The molecular formula is C8H16O. The van der Waals surface area contributed by atoms with Crippen molar-refractivity contribution in [3.8, 4) is 0 Å². The summed E-state index contributed by atoms with van der Waals surface area (Å²) in [5.74, 6) is 0.730. The lowest BCUT2D eigenvalue weighted by molar-refractivity contribution is 0.00461. The summed E-state index contributed by atoms with van der Waals surface area (Å²) < 4.78 is 0. The molecule has 0 amide bonds. The number of hydrogen-bond donors (Lipinski definition) is 1. The van der Waals surface area contributed by atoms with Gasteiger partial charge in [0.2, 0.25) is 0 Å². The van der Waals surface area contributed by atoms with Crippen molar-refractivity contribution >= 4 is 0 Å². The molecule has 0 aromatic carbocycles. The maximum Gasteiger partial charge on any atom is 0.0622 e. The van der Waals surface area contributed by atoms with Gasteiger partial charge in [0, 0.05) is 0 Å². The monoisotopic (exact) mass is 128 g/mol. The van der Waals surface area contributed by atoms with Gasteiger partial charge < -0.3 is 5.11 Å². The van der Waals surface area contributed by atoms with Gasteiger partial charge in [0.15, 0.2) is 0 Å². The van der Waals surface area contributed by atoms with E-state index in [0.29, 0.717) is 0 Å². The van der Waals surface area contributed by atoms with Gasteiger partial charge in [0.1, 0.15) is 0 Å². The van der Waals surface area contributed by atoms with Crippen LogP contribution in [0.3, 0.4) is 0 Å². The zero-order chi connectivity index (χ0) is 6.91. The standard InChI is InChI=1S/C8H16O/c1-7-4-3-5-8(2,9)6-7/h7,9H,3-6H2,1-2H3/t7?,8-/m0/s1. The molecule has 1 aliphatic rings. The van der Waals surface area contributed by atoms with Crippen LogP contribution in [0.2, 0.25) is 0 Å². The Balaban J connectivity index is 2.41. The molecule has 0 aliphatic heterocycles. The van der Waals surface area contributed by atoms with Crippen LogP contribution in [0.4, 0.5) is 0 Å². The van der Waals surface area contributed by atoms with Crippen molar-refractivity contribution in [3.63, 3.8) is 0 Å². The van der Waals surface area contributed by atoms with Gasteiger partial charge in [-0.15, -0.1) is 0 Å². The molecule has 9 heavy (non-hydrogen) atoms. The quantitative estimate of drug-likeness (QED) is 0.528. The highest BCUT2D eigenvalue weighted by atomic mass is 16.3. The summed E-state index contributed by atoms with van der Waals surface area (Å²) in [6.45, 7) is 4.16. The van der Waals surface area contributed by atoms with Gasteiger partial charge in [-0.05, 0) is 25.7 Å². The molecule has 1 fully saturated rings. The molecule has 0 spiro atoms. The molecule has 0 radical (unpaired) electrons. The predicted octanol–water partition coefficient (Wildman–Crippen LogP) is 1.95. The van der Waals surface area contributed by atoms with E-state index in [9.17, 15) is 5.11 Å². The highest BCUT2D eigenvalue weighted by molar-refractivity contribution is 4.79. The SMILES string of the molecule is CC1CCC[C@](C)(O)C1. The van der Waals surface area contributed by atoms with E-state index in [1.54, 1.807) is 0 Å². The summed E-state index contributed by atoms with van der Waals surface area (Å²) in [4.78, 5) is 0. The van der Waals surface area contributed by atoms with Crippen molar-refractivity contribution in [3.05, 3.63) is 0 Å². The van der Waals surface area contributed by atoms with Crippen LogP contribution < -0.4 is 0 Å². The zero-order valence-corrected chi connectivity index (χ0v) is 6.35. The zero-order valence-electron chi connectivity index (χ0n) is 6.35. The molecule has 0 aromatic heterocycles. The van der Waals surface area contributed by atoms with E-state index >= 15 is 0 Å². The summed E-state index contributed by atoms with van der Waals surface area (Å²) in [5.41, 5.74) is -0.350. The average molecular weight is 128 g/mol. The minimum absolute atomic E-state index is 0.350. The number of aliphatic hydroxyl groups is 1. The summed E-state index contributed by atoms with van der Waals surface area (Å²) >= 11 is 0. The molecule has 0 heterocycles. The highest BCUT2D eigenvalue weighted by Crippen LogP contribution is 2.31. The van der Waals surface area contributed by atoms with Gasteiger partial charge in [0.25, 0.3) is 0 Å². The molecule has 0 bridgehead atoms. The second-order valence-electron chi connectivity index (χ2n) is 3.70. The van der Waals surface area contributed by atoms with Gasteiger partial charge in [-0.2, -0.15) is 0 Å². The fraction of sp³-hybridized carbons (Fsp3) is 1.00. The van der Waals surface area contributed by atoms with Crippen LogP contribution in [0.5, 0.6) is 0 Å². The molecule has 0 aromatic rings. The summed E-state index contributed by atoms with van der Waals surface area (Å²) in [6.07, 6.45) is 4.49. The minimum atomic E-state index is -0.350. The van der Waals surface area contributed by atoms with Crippen molar-refractivity contribution in [2.24, 2.45) is 5.92 Å². The Morgan fingerprint density at radius 3 is 2.56 bits per heavy atom. The Labute approximate surface area is 57.1 Å². The van der Waals surface area contributed by atoms with Gasteiger partial charge in [-0.1, -0.05) is 19.8 Å². The van der Waals surface area contributed by atoms with Crippen LogP contribution in [-0.2, 0) is 0 Å². The molecule has 1 saturated carbocycles. The van der Waals surface area contributed by atoms with E-state index in [4.69, 9.17) is 0 Å². The van der Waals surface area contributed by atoms with Crippen LogP contribution in [0, 0.1) is 5.92 Å². The van der Waals surface area contributed by atoms with E-state index in [1.165, 1.54) is 12.8 Å². The smallest absolute Gasteiger partial charge is 0.0622 e.